The first-order chi connectivity index (χ1) is 16.6. The molecule has 0 bridgehead atoms. The molecule has 1 aliphatic carbocycles. The third-order valence-corrected chi connectivity index (χ3v) is 6.54. The van der Waals surface area contributed by atoms with Gasteiger partial charge in [0.25, 0.3) is 0 Å². The van der Waals surface area contributed by atoms with Crippen LogP contribution in [0.15, 0.2) is 77.3 Å². The molecule has 1 heterocycles. The summed E-state index contributed by atoms with van der Waals surface area (Å²) in [5.74, 6) is 1.15. The van der Waals surface area contributed by atoms with Gasteiger partial charge in [-0.15, -0.1) is 0 Å². The average molecular weight is 453 g/mol. The van der Waals surface area contributed by atoms with E-state index in [2.05, 4.69) is 47.7 Å². The molecule has 0 radical (unpaired) electrons. The Balaban J connectivity index is 1.32. The van der Waals surface area contributed by atoms with Crippen molar-refractivity contribution in [2.75, 3.05) is 5.32 Å². The van der Waals surface area contributed by atoms with Crippen molar-refractivity contribution in [2.45, 2.75) is 45.6 Å². The van der Waals surface area contributed by atoms with Gasteiger partial charge in [0, 0.05) is 5.56 Å². The van der Waals surface area contributed by atoms with Crippen molar-refractivity contribution >= 4 is 11.8 Å². The van der Waals surface area contributed by atoms with E-state index in [1.54, 1.807) is 6.92 Å². The van der Waals surface area contributed by atoms with Gasteiger partial charge in [-0.05, 0) is 59.9 Å². The number of nitrogens with zero attached hydrogens (tertiary/aromatic N) is 1. The van der Waals surface area contributed by atoms with Crippen molar-refractivity contribution in [3.8, 4) is 22.5 Å². The Kier molecular flexibility index (Phi) is 6.17. The number of carbonyl (C=O) groups excluding carboxylic acids is 1. The number of rotatable bonds is 5. The zero-order valence-corrected chi connectivity index (χ0v) is 19.5. The molecule has 0 saturated carbocycles. The second kappa shape index (κ2) is 9.56. The van der Waals surface area contributed by atoms with Crippen LogP contribution < -0.4 is 5.32 Å². The lowest BCUT2D eigenvalue weighted by atomic mass is 9.82. The molecule has 3 aromatic carbocycles. The van der Waals surface area contributed by atoms with Gasteiger partial charge >= 0.3 is 6.09 Å². The van der Waals surface area contributed by atoms with E-state index in [1.807, 2.05) is 42.5 Å². The number of aryl methyl sites for hydroxylation is 2. The standard InChI is InChI=1S/C29H28N2O3/c1-19-7-6-10-25-17-24(15-16-26(19)25)22-11-13-23(14-12-22)28-27(20(2)31-34-28)30-29(32)33-18-21-8-4-3-5-9-21/h3-5,8-9,11-17,19H,6-7,10,18H2,1-2H3,(H,30,32). The molecule has 5 heteroatoms. The molecule has 1 atom stereocenters. The lowest BCUT2D eigenvalue weighted by molar-refractivity contribution is 0.155. The molecule has 0 fully saturated rings. The van der Waals surface area contributed by atoms with Crippen LogP contribution in [0.3, 0.4) is 0 Å². The highest BCUT2D eigenvalue weighted by molar-refractivity contribution is 5.91. The minimum atomic E-state index is -0.545. The summed E-state index contributed by atoms with van der Waals surface area (Å²) in [5.41, 5.74) is 8.20. The average Bonchev–Trinajstić information content (AvgIpc) is 3.23. The molecule has 1 unspecified atom stereocenters. The summed E-state index contributed by atoms with van der Waals surface area (Å²) in [6.45, 7) is 4.30. The first-order valence-electron chi connectivity index (χ1n) is 11.8. The van der Waals surface area contributed by atoms with E-state index in [0.717, 1.165) is 23.1 Å². The Morgan fingerprint density at radius 2 is 1.76 bits per heavy atom. The fraction of sp³-hybridized carbons (Fsp3) is 0.241. The number of anilines is 1. The molecular formula is C29H28N2O3. The van der Waals surface area contributed by atoms with Gasteiger partial charge in [-0.25, -0.2) is 4.79 Å². The number of aromatic nitrogens is 1. The van der Waals surface area contributed by atoms with Gasteiger partial charge in [-0.2, -0.15) is 0 Å². The molecule has 1 aromatic heterocycles. The van der Waals surface area contributed by atoms with Crippen molar-refractivity contribution in [2.24, 2.45) is 0 Å². The summed E-state index contributed by atoms with van der Waals surface area (Å²) in [6, 6.07) is 24.5. The van der Waals surface area contributed by atoms with Crippen LogP contribution in [0.4, 0.5) is 10.5 Å². The number of carbonyl (C=O) groups is 1. The van der Waals surface area contributed by atoms with Gasteiger partial charge in [0.15, 0.2) is 5.76 Å². The van der Waals surface area contributed by atoms with Crippen molar-refractivity contribution in [1.29, 1.82) is 0 Å². The largest absolute Gasteiger partial charge is 0.444 e. The molecule has 0 aliphatic heterocycles. The molecule has 172 valence electrons. The Hall–Kier alpha value is -3.86. The van der Waals surface area contributed by atoms with Crippen molar-refractivity contribution in [1.82, 2.24) is 5.16 Å². The van der Waals surface area contributed by atoms with Crippen LogP contribution in [-0.4, -0.2) is 11.2 Å². The molecule has 0 saturated heterocycles. The summed E-state index contributed by atoms with van der Waals surface area (Å²) < 4.78 is 10.9. The van der Waals surface area contributed by atoms with E-state index >= 15 is 0 Å². The van der Waals surface area contributed by atoms with Gasteiger partial charge in [-0.1, -0.05) is 84.9 Å². The van der Waals surface area contributed by atoms with Crippen molar-refractivity contribution in [3.05, 3.63) is 95.2 Å². The van der Waals surface area contributed by atoms with Crippen LogP contribution in [0, 0.1) is 6.92 Å². The molecule has 5 rings (SSSR count). The van der Waals surface area contributed by atoms with Gasteiger partial charge in [0.05, 0.1) is 0 Å². The number of benzene rings is 3. The van der Waals surface area contributed by atoms with Crippen LogP contribution in [0.25, 0.3) is 22.5 Å². The van der Waals surface area contributed by atoms with E-state index in [1.165, 1.54) is 29.5 Å². The van der Waals surface area contributed by atoms with E-state index in [4.69, 9.17) is 9.26 Å². The predicted molar refractivity (Wildman–Crippen MR) is 134 cm³/mol. The van der Waals surface area contributed by atoms with Crippen molar-refractivity contribution < 1.29 is 14.1 Å². The molecular weight excluding hydrogens is 424 g/mol. The van der Waals surface area contributed by atoms with Crippen LogP contribution in [0.2, 0.25) is 0 Å². The quantitative estimate of drug-likeness (QED) is 0.340. The molecule has 1 amide bonds. The van der Waals surface area contributed by atoms with E-state index in [-0.39, 0.29) is 6.61 Å². The van der Waals surface area contributed by atoms with E-state index in [9.17, 15) is 4.79 Å². The Morgan fingerprint density at radius 3 is 2.56 bits per heavy atom. The number of ether oxygens (including phenoxy) is 1. The maximum atomic E-state index is 12.4. The molecule has 1 aliphatic rings. The highest BCUT2D eigenvalue weighted by atomic mass is 16.5. The SMILES string of the molecule is Cc1noc(-c2ccc(-c3ccc4c(c3)CCCC4C)cc2)c1NC(=O)OCc1ccccc1. The first-order valence-corrected chi connectivity index (χ1v) is 11.8. The second-order valence-electron chi connectivity index (χ2n) is 8.94. The molecule has 1 N–H and O–H groups in total. The fourth-order valence-corrected chi connectivity index (χ4v) is 4.63. The number of hydrogen-bond acceptors (Lipinski definition) is 4. The lowest BCUT2D eigenvalue weighted by Crippen LogP contribution is -2.14. The summed E-state index contributed by atoms with van der Waals surface area (Å²) in [5, 5.41) is 6.85. The lowest BCUT2D eigenvalue weighted by Gasteiger charge is -2.23. The Labute approximate surface area is 199 Å². The fourth-order valence-electron chi connectivity index (χ4n) is 4.63. The first kappa shape index (κ1) is 22.0. The summed E-state index contributed by atoms with van der Waals surface area (Å²) in [6.07, 6.45) is 3.13. The topological polar surface area (TPSA) is 64.4 Å². The monoisotopic (exact) mass is 452 g/mol. The highest BCUT2D eigenvalue weighted by Crippen LogP contribution is 2.36. The summed E-state index contributed by atoms with van der Waals surface area (Å²) >= 11 is 0. The minimum Gasteiger partial charge on any atom is -0.444 e. The van der Waals surface area contributed by atoms with Gasteiger partial charge in [0.2, 0.25) is 0 Å². The number of amides is 1. The second-order valence-corrected chi connectivity index (χ2v) is 8.94. The third kappa shape index (κ3) is 4.60. The number of nitrogens with one attached hydrogen (secondary N) is 1. The van der Waals surface area contributed by atoms with E-state index in [0.29, 0.717) is 23.1 Å². The van der Waals surface area contributed by atoms with Crippen LogP contribution in [-0.2, 0) is 17.8 Å². The zero-order chi connectivity index (χ0) is 23.5. The van der Waals surface area contributed by atoms with E-state index < -0.39 is 6.09 Å². The normalized spacial score (nSPS) is 14.9. The molecule has 4 aromatic rings. The Bertz CT molecular complexity index is 1290. The maximum Gasteiger partial charge on any atom is 0.412 e. The Morgan fingerprint density at radius 1 is 1.03 bits per heavy atom. The predicted octanol–water partition coefficient (Wildman–Crippen LogP) is 7.51. The van der Waals surface area contributed by atoms with Gasteiger partial charge in [-0.3, -0.25) is 5.32 Å². The minimum absolute atomic E-state index is 0.195. The number of hydrogen-bond donors (Lipinski definition) is 1. The van der Waals surface area contributed by atoms with Crippen LogP contribution >= 0.6 is 0 Å². The zero-order valence-electron chi connectivity index (χ0n) is 19.5. The van der Waals surface area contributed by atoms with Crippen LogP contribution in [0.5, 0.6) is 0 Å². The summed E-state index contributed by atoms with van der Waals surface area (Å²) in [4.78, 5) is 12.4. The molecule has 0 spiro atoms. The number of fused-ring (bicyclic) bond motifs is 1. The smallest absolute Gasteiger partial charge is 0.412 e. The van der Waals surface area contributed by atoms with Crippen molar-refractivity contribution in [3.63, 3.8) is 0 Å². The highest BCUT2D eigenvalue weighted by Gasteiger charge is 2.19. The van der Waals surface area contributed by atoms with Gasteiger partial charge in [0.1, 0.15) is 18.0 Å². The molecule has 5 nitrogen and oxygen atoms in total. The molecule has 34 heavy (non-hydrogen) atoms. The maximum absolute atomic E-state index is 12.4. The third-order valence-electron chi connectivity index (χ3n) is 6.54. The van der Waals surface area contributed by atoms with Gasteiger partial charge < -0.3 is 9.26 Å². The summed E-state index contributed by atoms with van der Waals surface area (Å²) in [7, 11) is 0. The van der Waals surface area contributed by atoms with Crippen LogP contribution in [0.1, 0.15) is 48.1 Å².